The van der Waals surface area contributed by atoms with Crippen molar-refractivity contribution in [3.8, 4) is 0 Å². The van der Waals surface area contributed by atoms with Gasteiger partial charge in [-0.25, -0.2) is 0 Å². The summed E-state index contributed by atoms with van der Waals surface area (Å²) in [4.78, 5) is 11.4. The van der Waals surface area contributed by atoms with Crippen molar-refractivity contribution in [3.05, 3.63) is 52.3 Å². The van der Waals surface area contributed by atoms with Crippen LogP contribution >= 0.6 is 11.6 Å². The highest BCUT2D eigenvalue weighted by Gasteiger charge is 2.21. The van der Waals surface area contributed by atoms with Crippen LogP contribution in [0.25, 0.3) is 0 Å². The lowest BCUT2D eigenvalue weighted by Gasteiger charge is -2.13. The number of benzene rings is 1. The van der Waals surface area contributed by atoms with Gasteiger partial charge >= 0.3 is 5.97 Å². The van der Waals surface area contributed by atoms with Crippen molar-refractivity contribution < 1.29 is 9.90 Å². The maximum absolute atomic E-state index is 11.4. The van der Waals surface area contributed by atoms with Crippen molar-refractivity contribution in [2.45, 2.75) is 25.7 Å². The molecule has 0 radical (unpaired) electrons. The predicted octanol–water partition coefficient (Wildman–Crippen LogP) is 3.18. The van der Waals surface area contributed by atoms with Gasteiger partial charge in [0.25, 0.3) is 0 Å². The summed E-state index contributed by atoms with van der Waals surface area (Å²) in [6.07, 6.45) is 1.08. The first-order valence-corrected chi connectivity index (χ1v) is 6.84. The molecule has 0 bridgehead atoms. The number of aryl methyl sites for hydroxylation is 2. The molecular weight excluding hydrogens is 276 g/mol. The first-order valence-electron chi connectivity index (χ1n) is 6.46. The third-order valence-corrected chi connectivity index (χ3v) is 3.92. The van der Waals surface area contributed by atoms with Crippen LogP contribution in [0.15, 0.2) is 30.3 Å². The summed E-state index contributed by atoms with van der Waals surface area (Å²) in [6, 6.07) is 9.27. The number of carboxylic acid groups (broad SMARTS) is 1. The van der Waals surface area contributed by atoms with E-state index in [9.17, 15) is 9.90 Å². The van der Waals surface area contributed by atoms with E-state index < -0.39 is 11.9 Å². The Morgan fingerprint density at radius 3 is 2.55 bits per heavy atom. The highest BCUT2D eigenvalue weighted by Crippen LogP contribution is 2.26. The molecule has 1 aromatic heterocycles. The van der Waals surface area contributed by atoms with Crippen LogP contribution < -0.4 is 0 Å². The molecule has 1 unspecified atom stereocenters. The average molecular weight is 293 g/mol. The Morgan fingerprint density at radius 1 is 1.40 bits per heavy atom. The minimum atomic E-state index is -0.814. The molecule has 0 spiro atoms. The van der Waals surface area contributed by atoms with Gasteiger partial charge < -0.3 is 5.11 Å². The summed E-state index contributed by atoms with van der Waals surface area (Å²) in [5.41, 5.74) is 2.47. The fraction of sp³-hybridized carbons (Fsp3) is 0.333. The van der Waals surface area contributed by atoms with Crippen LogP contribution in [-0.4, -0.2) is 20.9 Å². The summed E-state index contributed by atoms with van der Waals surface area (Å²) in [5, 5.41) is 14.3. The zero-order chi connectivity index (χ0) is 14.7. The molecule has 1 N–H and O–H groups in total. The second kappa shape index (κ2) is 6.09. The van der Waals surface area contributed by atoms with Crippen molar-refractivity contribution >= 4 is 17.6 Å². The fourth-order valence-corrected chi connectivity index (χ4v) is 2.61. The van der Waals surface area contributed by atoms with E-state index in [1.54, 1.807) is 4.68 Å². The number of hydrogen-bond donors (Lipinski definition) is 1. The van der Waals surface area contributed by atoms with E-state index in [2.05, 4.69) is 5.10 Å². The minimum absolute atomic E-state index is 0.498. The van der Waals surface area contributed by atoms with Crippen molar-refractivity contribution in [2.24, 2.45) is 7.05 Å². The van der Waals surface area contributed by atoms with Crippen LogP contribution in [0.1, 0.15) is 29.3 Å². The van der Waals surface area contributed by atoms with E-state index in [1.807, 2.05) is 44.3 Å². The number of nitrogens with zero attached hydrogens (tertiary/aromatic N) is 2. The Labute approximate surface area is 123 Å². The number of hydrogen-bond acceptors (Lipinski definition) is 2. The Hall–Kier alpha value is -1.81. The maximum atomic E-state index is 11.4. The number of aromatic nitrogens is 2. The van der Waals surface area contributed by atoms with Gasteiger partial charge in [0.15, 0.2) is 0 Å². The standard InChI is InChI=1S/C15H17ClN2O2/c1-10-14(16)13(18(2)17-10)9-8-12(15(19)20)11-6-4-3-5-7-11/h3-7,12H,8-9H2,1-2H3,(H,19,20). The van der Waals surface area contributed by atoms with Gasteiger partial charge in [0, 0.05) is 7.05 Å². The highest BCUT2D eigenvalue weighted by molar-refractivity contribution is 6.31. The Morgan fingerprint density at radius 2 is 2.05 bits per heavy atom. The molecular formula is C15H17ClN2O2. The molecule has 5 heteroatoms. The molecule has 4 nitrogen and oxygen atoms in total. The maximum Gasteiger partial charge on any atom is 0.310 e. The van der Waals surface area contributed by atoms with Gasteiger partial charge in [-0.1, -0.05) is 41.9 Å². The van der Waals surface area contributed by atoms with E-state index >= 15 is 0 Å². The molecule has 2 rings (SSSR count). The molecule has 1 atom stereocenters. The van der Waals surface area contributed by atoms with Crippen LogP contribution in [0.3, 0.4) is 0 Å². The summed E-state index contributed by atoms with van der Waals surface area (Å²) in [7, 11) is 1.83. The van der Waals surface area contributed by atoms with Crippen LogP contribution in [0.4, 0.5) is 0 Å². The lowest BCUT2D eigenvalue weighted by molar-refractivity contribution is -0.138. The molecule has 0 aliphatic rings. The Balaban J connectivity index is 2.16. The molecule has 0 amide bonds. The fourth-order valence-electron chi connectivity index (χ4n) is 2.35. The van der Waals surface area contributed by atoms with Crippen molar-refractivity contribution in [1.82, 2.24) is 9.78 Å². The number of halogens is 1. The third kappa shape index (κ3) is 3.02. The van der Waals surface area contributed by atoms with Gasteiger partial charge in [0.05, 0.1) is 22.3 Å². The van der Waals surface area contributed by atoms with Gasteiger partial charge in [-0.2, -0.15) is 5.10 Å². The van der Waals surface area contributed by atoms with E-state index in [0.717, 1.165) is 17.0 Å². The SMILES string of the molecule is Cc1nn(C)c(CCC(C(=O)O)c2ccccc2)c1Cl. The first kappa shape index (κ1) is 14.6. The summed E-state index contributed by atoms with van der Waals surface area (Å²) in [5.74, 6) is -1.34. The van der Waals surface area contributed by atoms with Gasteiger partial charge in [0.1, 0.15) is 0 Å². The molecule has 0 saturated carbocycles. The molecule has 1 heterocycles. The molecule has 106 valence electrons. The molecule has 0 aliphatic heterocycles. The Bertz CT molecular complexity index is 608. The lowest BCUT2D eigenvalue weighted by atomic mass is 9.93. The van der Waals surface area contributed by atoms with Crippen LogP contribution in [0, 0.1) is 6.92 Å². The quantitative estimate of drug-likeness (QED) is 0.921. The predicted molar refractivity (Wildman–Crippen MR) is 78.1 cm³/mol. The first-order chi connectivity index (χ1) is 9.50. The van der Waals surface area contributed by atoms with Crippen molar-refractivity contribution in [3.63, 3.8) is 0 Å². The number of aliphatic carboxylic acids is 1. The monoisotopic (exact) mass is 292 g/mol. The number of carboxylic acids is 1. The molecule has 0 fully saturated rings. The van der Waals surface area contributed by atoms with Crippen molar-refractivity contribution in [2.75, 3.05) is 0 Å². The highest BCUT2D eigenvalue weighted by atomic mass is 35.5. The van der Waals surface area contributed by atoms with Crippen molar-refractivity contribution in [1.29, 1.82) is 0 Å². The van der Waals surface area contributed by atoms with E-state index in [1.165, 1.54) is 0 Å². The molecule has 1 aromatic carbocycles. The van der Waals surface area contributed by atoms with Crippen LogP contribution in [-0.2, 0) is 18.3 Å². The van der Waals surface area contributed by atoms with Crippen LogP contribution in [0.2, 0.25) is 5.02 Å². The van der Waals surface area contributed by atoms with E-state index in [4.69, 9.17) is 11.6 Å². The van der Waals surface area contributed by atoms with Gasteiger partial charge in [-0.05, 0) is 25.3 Å². The van der Waals surface area contributed by atoms with E-state index in [0.29, 0.717) is 17.9 Å². The van der Waals surface area contributed by atoms with Gasteiger partial charge in [0.2, 0.25) is 0 Å². The normalized spacial score (nSPS) is 12.3. The van der Waals surface area contributed by atoms with Gasteiger partial charge in [-0.3, -0.25) is 9.48 Å². The second-order valence-corrected chi connectivity index (χ2v) is 5.19. The summed E-state index contributed by atoms with van der Waals surface area (Å²) in [6.45, 7) is 1.84. The topological polar surface area (TPSA) is 55.1 Å². The molecule has 0 saturated heterocycles. The molecule has 20 heavy (non-hydrogen) atoms. The smallest absolute Gasteiger partial charge is 0.310 e. The lowest BCUT2D eigenvalue weighted by Crippen LogP contribution is -2.13. The minimum Gasteiger partial charge on any atom is -0.481 e. The third-order valence-electron chi connectivity index (χ3n) is 3.43. The zero-order valence-electron chi connectivity index (χ0n) is 11.5. The molecule has 0 aliphatic carbocycles. The zero-order valence-corrected chi connectivity index (χ0v) is 12.3. The van der Waals surface area contributed by atoms with E-state index in [-0.39, 0.29) is 0 Å². The summed E-state index contributed by atoms with van der Waals surface area (Å²) >= 11 is 6.19. The number of carbonyl (C=O) groups is 1. The van der Waals surface area contributed by atoms with Gasteiger partial charge in [-0.15, -0.1) is 0 Å². The average Bonchev–Trinajstić information content (AvgIpc) is 2.66. The summed E-state index contributed by atoms with van der Waals surface area (Å²) < 4.78 is 1.72. The largest absolute Gasteiger partial charge is 0.481 e. The van der Waals surface area contributed by atoms with Crippen LogP contribution in [0.5, 0.6) is 0 Å². The molecule has 2 aromatic rings. The second-order valence-electron chi connectivity index (χ2n) is 4.81. The number of rotatable bonds is 5. The Kier molecular flexibility index (Phi) is 4.45.